The van der Waals surface area contributed by atoms with Gasteiger partial charge in [0.2, 0.25) is 11.8 Å². The van der Waals surface area contributed by atoms with Gasteiger partial charge in [-0.15, -0.1) is 0 Å². The number of rotatable bonds is 4. The van der Waals surface area contributed by atoms with Gasteiger partial charge in [0, 0.05) is 124 Å². The van der Waals surface area contributed by atoms with E-state index in [1.54, 1.807) is 29.0 Å². The van der Waals surface area contributed by atoms with E-state index in [2.05, 4.69) is 19.1 Å². The Morgan fingerprint density at radius 2 is 1.08 bits per heavy atom. The molecule has 2 aliphatic heterocycles. The van der Waals surface area contributed by atoms with Crippen LogP contribution in [-0.2, 0) is 45.4 Å². The van der Waals surface area contributed by atoms with Crippen LogP contribution < -0.4 is 0 Å². The number of carbonyl (C=O) groups excluding carboxylic acids is 4. The zero-order valence-electron chi connectivity index (χ0n) is 35.3. The van der Waals surface area contributed by atoms with Crippen LogP contribution in [0.1, 0.15) is 73.2 Å². The molecule has 64 heavy (non-hydrogen) atoms. The summed E-state index contributed by atoms with van der Waals surface area (Å²) in [4.78, 5) is 62.5. The molecule has 0 atom stereocenters. The maximum absolute atomic E-state index is 14.7. The summed E-state index contributed by atoms with van der Waals surface area (Å²) in [6.07, 6.45) is 13.5. The first kappa shape index (κ1) is 39.4. The number of ketones is 2. The molecule has 12 rings (SSSR count). The second-order valence-corrected chi connectivity index (χ2v) is 17.0. The summed E-state index contributed by atoms with van der Waals surface area (Å²) in [7, 11) is 0. The minimum Gasteiger partial charge on any atom is -0.345 e. The number of nitrogens with zero attached hydrogens (tertiary/aromatic N) is 8. The van der Waals surface area contributed by atoms with E-state index in [1.807, 2.05) is 76.2 Å². The van der Waals surface area contributed by atoms with E-state index in [9.17, 15) is 28.0 Å². The molecule has 0 saturated carbocycles. The second kappa shape index (κ2) is 15.1. The molecular weight excluding hydrogens is 815 g/mol. The molecule has 0 spiro atoms. The van der Waals surface area contributed by atoms with Gasteiger partial charge >= 0.3 is 0 Å². The second-order valence-electron chi connectivity index (χ2n) is 17.0. The Morgan fingerprint density at radius 1 is 0.578 bits per heavy atom. The van der Waals surface area contributed by atoms with Crippen LogP contribution in [0.4, 0.5) is 8.78 Å². The summed E-state index contributed by atoms with van der Waals surface area (Å²) in [5.74, 6) is -0.599. The summed E-state index contributed by atoms with van der Waals surface area (Å²) < 4.78 is 37.5. The lowest BCUT2D eigenvalue weighted by Crippen LogP contribution is -2.29. The first-order chi connectivity index (χ1) is 31.0. The first-order valence-corrected chi connectivity index (χ1v) is 21.5. The fourth-order valence-electron chi connectivity index (χ4n) is 10.3. The van der Waals surface area contributed by atoms with Crippen LogP contribution in [0.2, 0.25) is 0 Å². The van der Waals surface area contributed by atoms with E-state index >= 15 is 0 Å². The van der Waals surface area contributed by atoms with Gasteiger partial charge in [0.15, 0.2) is 11.6 Å². The van der Waals surface area contributed by atoms with E-state index in [0.29, 0.717) is 76.1 Å². The van der Waals surface area contributed by atoms with E-state index in [4.69, 9.17) is 0 Å². The number of hydrogen-bond donors (Lipinski definition) is 0. The minimum absolute atomic E-state index is 0.0209. The van der Waals surface area contributed by atoms with Crippen molar-refractivity contribution in [1.82, 2.24) is 37.7 Å². The molecule has 0 bridgehead atoms. The summed E-state index contributed by atoms with van der Waals surface area (Å²) in [5, 5.41) is 1.52. The van der Waals surface area contributed by atoms with Gasteiger partial charge in [0.1, 0.15) is 22.9 Å². The van der Waals surface area contributed by atoms with Crippen molar-refractivity contribution in [2.24, 2.45) is 0 Å². The number of imidazole rings is 2. The van der Waals surface area contributed by atoms with Gasteiger partial charge in [-0.05, 0) is 83.6 Å². The zero-order valence-corrected chi connectivity index (χ0v) is 35.3. The van der Waals surface area contributed by atoms with Crippen LogP contribution in [-0.4, -0.2) is 74.2 Å². The topological polar surface area (TPSA) is 119 Å². The monoisotopic (exact) mass is 856 g/mol. The van der Waals surface area contributed by atoms with Crippen molar-refractivity contribution in [2.45, 2.75) is 65.7 Å². The molecule has 2 aromatic carbocycles. The highest BCUT2D eigenvalue weighted by molar-refractivity contribution is 6.33. The smallest absolute Gasteiger partial charge is 0.219 e. The molecule has 8 heterocycles. The SMILES string of the molecule is CC(=O)N1CCn2cc(C3=C(c4cnc5ccccn45)C(=O)CC3)c3cc(F)cc(c32)C1.CC(=O)N1CCn2cc(C3=C(c4cnc5ccccn45)CCC3=O)c3cc(F)cc(c32)C1. The van der Waals surface area contributed by atoms with Gasteiger partial charge < -0.3 is 18.9 Å². The van der Waals surface area contributed by atoms with Crippen molar-refractivity contribution in [1.29, 1.82) is 0 Å². The molecule has 14 heteroatoms. The Morgan fingerprint density at radius 3 is 1.66 bits per heavy atom. The number of benzene rings is 2. The van der Waals surface area contributed by atoms with Crippen molar-refractivity contribution in [3.63, 3.8) is 0 Å². The Kier molecular flexibility index (Phi) is 9.29. The number of carbonyl (C=O) groups is 4. The molecule has 2 amide bonds. The standard InChI is InChI=1S/2C25H21FN4O2/c1-15(31)28-8-9-29-14-20(19-11-17(26)10-16(13-28)25(19)29)24-18(5-6-22(24)32)21-12-27-23-4-2-3-7-30(21)23;1-15(31)28-8-9-29-14-20(19-11-17(26)10-16(13-28)25(19)29)18-5-6-22(32)24(18)21-12-27-23-4-2-3-7-30(21)23/h2*2-4,7,10-12,14H,5-6,8-9,13H2,1H3. The fourth-order valence-corrected chi connectivity index (χ4v) is 10.3. The van der Waals surface area contributed by atoms with Crippen LogP contribution >= 0.6 is 0 Å². The third kappa shape index (κ3) is 6.37. The Bertz CT molecular complexity index is 3400. The molecule has 0 saturated heterocycles. The van der Waals surface area contributed by atoms with Crippen LogP contribution in [0, 0.1) is 11.6 Å². The number of hydrogen-bond acceptors (Lipinski definition) is 6. The highest BCUT2D eigenvalue weighted by Gasteiger charge is 2.33. The van der Waals surface area contributed by atoms with Gasteiger partial charge in [0.25, 0.3) is 0 Å². The molecule has 0 radical (unpaired) electrons. The zero-order chi connectivity index (χ0) is 44.0. The number of Topliss-reactive ketones (excluding diaryl/α,β-unsaturated/α-hetero) is 2. The molecule has 4 aliphatic rings. The van der Waals surface area contributed by atoms with Crippen LogP contribution in [0.3, 0.4) is 0 Å². The van der Waals surface area contributed by atoms with Crippen molar-refractivity contribution in [3.05, 3.63) is 143 Å². The van der Waals surface area contributed by atoms with Crippen molar-refractivity contribution in [2.75, 3.05) is 13.1 Å². The highest BCUT2D eigenvalue weighted by atomic mass is 19.1. The Balaban J connectivity index is 0.000000143. The van der Waals surface area contributed by atoms with E-state index in [0.717, 1.165) is 77.9 Å². The molecule has 0 fully saturated rings. The van der Waals surface area contributed by atoms with E-state index in [-0.39, 0.29) is 35.0 Å². The summed E-state index contributed by atoms with van der Waals surface area (Å²) >= 11 is 0. The van der Waals surface area contributed by atoms with Crippen molar-refractivity contribution in [3.8, 4) is 0 Å². The summed E-state index contributed by atoms with van der Waals surface area (Å²) in [6.45, 7) is 6.15. The average molecular weight is 857 g/mol. The number of aromatic nitrogens is 6. The number of fused-ring (bicyclic) bond motifs is 2. The van der Waals surface area contributed by atoms with Gasteiger partial charge in [-0.25, -0.2) is 18.7 Å². The highest BCUT2D eigenvalue weighted by Crippen LogP contribution is 2.44. The largest absolute Gasteiger partial charge is 0.345 e. The molecular formula is C50H42F2N8O4. The molecule has 6 aromatic heterocycles. The number of allylic oxidation sites excluding steroid dienone is 4. The molecule has 2 aliphatic carbocycles. The number of pyridine rings is 2. The van der Waals surface area contributed by atoms with Crippen LogP contribution in [0.25, 0.3) is 55.4 Å². The minimum atomic E-state index is -0.362. The third-order valence-corrected chi connectivity index (χ3v) is 13.2. The molecule has 8 aromatic rings. The lowest BCUT2D eigenvalue weighted by atomic mass is 9.98. The van der Waals surface area contributed by atoms with Gasteiger partial charge in [-0.2, -0.15) is 0 Å². The van der Waals surface area contributed by atoms with Crippen LogP contribution in [0.15, 0.2) is 97.8 Å². The summed E-state index contributed by atoms with van der Waals surface area (Å²) in [5.41, 5.74) is 11.5. The van der Waals surface area contributed by atoms with E-state index in [1.165, 1.54) is 25.1 Å². The maximum atomic E-state index is 14.7. The van der Waals surface area contributed by atoms with Gasteiger partial charge in [-0.1, -0.05) is 12.1 Å². The molecule has 320 valence electrons. The van der Waals surface area contributed by atoms with Gasteiger partial charge in [0.05, 0.1) is 34.8 Å². The normalized spacial score (nSPS) is 16.4. The quantitative estimate of drug-likeness (QED) is 0.177. The van der Waals surface area contributed by atoms with Crippen molar-refractivity contribution < 1.29 is 28.0 Å². The first-order valence-electron chi connectivity index (χ1n) is 21.5. The average Bonchev–Trinajstić information content (AvgIpc) is 4.12. The molecule has 12 nitrogen and oxygen atoms in total. The number of halogens is 2. The third-order valence-electron chi connectivity index (χ3n) is 13.2. The lowest BCUT2D eigenvalue weighted by molar-refractivity contribution is -0.130. The fraction of sp³-hybridized carbons (Fsp3) is 0.240. The summed E-state index contributed by atoms with van der Waals surface area (Å²) in [6, 6.07) is 17.6. The molecule has 0 unspecified atom stereocenters. The Hall–Kier alpha value is -7.48. The van der Waals surface area contributed by atoms with Crippen LogP contribution in [0.5, 0.6) is 0 Å². The molecule has 0 N–H and O–H groups in total. The van der Waals surface area contributed by atoms with E-state index < -0.39 is 0 Å². The maximum Gasteiger partial charge on any atom is 0.219 e. The Labute approximate surface area is 365 Å². The van der Waals surface area contributed by atoms with Gasteiger partial charge in [-0.3, -0.25) is 28.0 Å². The number of amides is 2. The predicted molar refractivity (Wildman–Crippen MR) is 238 cm³/mol. The predicted octanol–water partition coefficient (Wildman–Crippen LogP) is 8.13. The lowest BCUT2D eigenvalue weighted by Gasteiger charge is -2.18. The van der Waals surface area contributed by atoms with Crippen molar-refractivity contribution >= 4 is 78.8 Å².